The minimum absolute atomic E-state index is 0.00327. The number of ether oxygens (including phenoxy) is 2. The zero-order chi connectivity index (χ0) is 23.3. The number of halogens is 1. The van der Waals surface area contributed by atoms with E-state index in [0.717, 1.165) is 16.7 Å². The van der Waals surface area contributed by atoms with Crippen molar-refractivity contribution in [3.8, 4) is 17.6 Å². The summed E-state index contributed by atoms with van der Waals surface area (Å²) in [4.78, 5) is 12.6. The summed E-state index contributed by atoms with van der Waals surface area (Å²) >= 11 is 5.93. The lowest BCUT2D eigenvalue weighted by Gasteiger charge is -2.19. The fourth-order valence-electron chi connectivity index (χ4n) is 3.10. The van der Waals surface area contributed by atoms with Crippen LogP contribution in [-0.4, -0.2) is 13.1 Å². The number of benzene rings is 3. The van der Waals surface area contributed by atoms with Crippen molar-refractivity contribution < 1.29 is 14.3 Å². The van der Waals surface area contributed by atoms with Gasteiger partial charge in [0.2, 0.25) is 0 Å². The van der Waals surface area contributed by atoms with Gasteiger partial charge in [-0.25, -0.2) is 4.79 Å². The maximum Gasteiger partial charge on any atom is 0.343 e. The normalized spacial score (nSPS) is 11.6. The van der Waals surface area contributed by atoms with E-state index in [2.05, 4.69) is 26.8 Å². The quantitative estimate of drug-likeness (QED) is 0.185. The smallest absolute Gasteiger partial charge is 0.343 e. The molecule has 162 valence electrons. The number of rotatable bonds is 5. The molecule has 0 saturated carbocycles. The van der Waals surface area contributed by atoms with Gasteiger partial charge in [0, 0.05) is 5.02 Å². The van der Waals surface area contributed by atoms with Crippen LogP contribution in [0, 0.1) is 11.3 Å². The minimum atomic E-state index is -0.467. The summed E-state index contributed by atoms with van der Waals surface area (Å²) in [5.74, 6) is 0.234. The Balaban J connectivity index is 1.83. The molecular weight excluding hydrogens is 422 g/mol. The Morgan fingerprint density at radius 1 is 0.938 bits per heavy atom. The van der Waals surface area contributed by atoms with Gasteiger partial charge in [0.15, 0.2) is 11.5 Å². The van der Waals surface area contributed by atoms with Crippen LogP contribution in [0.5, 0.6) is 11.5 Å². The molecule has 4 nitrogen and oxygen atoms in total. The van der Waals surface area contributed by atoms with E-state index in [0.29, 0.717) is 27.7 Å². The summed E-state index contributed by atoms with van der Waals surface area (Å²) in [7, 11) is 1.50. The van der Waals surface area contributed by atoms with Gasteiger partial charge in [-0.3, -0.25) is 0 Å². The van der Waals surface area contributed by atoms with Gasteiger partial charge < -0.3 is 9.47 Å². The predicted octanol–water partition coefficient (Wildman–Crippen LogP) is 6.93. The first-order chi connectivity index (χ1) is 15.2. The van der Waals surface area contributed by atoms with Crippen molar-refractivity contribution in [3.63, 3.8) is 0 Å². The van der Waals surface area contributed by atoms with Crippen LogP contribution in [0.3, 0.4) is 0 Å². The largest absolute Gasteiger partial charge is 0.493 e. The van der Waals surface area contributed by atoms with Crippen LogP contribution in [0.1, 0.15) is 47.8 Å². The summed E-state index contributed by atoms with van der Waals surface area (Å²) in [6.45, 7) is 6.35. The first-order valence-electron chi connectivity index (χ1n) is 10.1. The molecule has 3 rings (SSSR count). The molecule has 0 N–H and O–H groups in total. The van der Waals surface area contributed by atoms with Crippen LogP contribution in [0.2, 0.25) is 5.02 Å². The lowest BCUT2D eigenvalue weighted by Crippen LogP contribution is -2.13. The third-order valence-corrected chi connectivity index (χ3v) is 5.22. The van der Waals surface area contributed by atoms with Gasteiger partial charge in [-0.1, -0.05) is 62.7 Å². The van der Waals surface area contributed by atoms with Crippen LogP contribution < -0.4 is 9.47 Å². The van der Waals surface area contributed by atoms with Crippen molar-refractivity contribution in [1.82, 2.24) is 0 Å². The molecule has 0 saturated heterocycles. The van der Waals surface area contributed by atoms with E-state index in [1.807, 2.05) is 12.1 Å². The Hall–Kier alpha value is -3.55. The number of methoxy groups -OCH3 is 1. The Labute approximate surface area is 193 Å². The third-order valence-electron chi connectivity index (χ3n) is 4.96. The van der Waals surface area contributed by atoms with Crippen LogP contribution in [0.25, 0.3) is 11.6 Å². The Morgan fingerprint density at radius 3 is 2.12 bits per heavy atom. The molecule has 0 radical (unpaired) electrons. The van der Waals surface area contributed by atoms with Gasteiger partial charge in [-0.2, -0.15) is 5.26 Å². The summed E-state index contributed by atoms with van der Waals surface area (Å²) in [5, 5.41) is 10.2. The highest BCUT2D eigenvalue weighted by Gasteiger charge is 2.16. The molecule has 0 atom stereocenters. The first-order valence-corrected chi connectivity index (χ1v) is 10.5. The van der Waals surface area contributed by atoms with Crippen molar-refractivity contribution in [2.75, 3.05) is 7.11 Å². The second-order valence-electron chi connectivity index (χ2n) is 8.30. The standard InChI is InChI=1S/C27H24ClNO3/c1-27(2,3)22-10-6-20(7-11-22)26(30)32-24-14-5-18(16-25(24)31-4)15-21(17-29)19-8-12-23(28)13-9-19/h5-16H,1-4H3/b21-15+. The zero-order valence-electron chi connectivity index (χ0n) is 18.5. The van der Waals surface area contributed by atoms with E-state index >= 15 is 0 Å². The molecular formula is C27H24ClNO3. The molecule has 3 aromatic carbocycles. The Morgan fingerprint density at radius 2 is 1.56 bits per heavy atom. The summed E-state index contributed by atoms with van der Waals surface area (Å²) in [6.07, 6.45) is 1.74. The van der Waals surface area contributed by atoms with Gasteiger partial charge in [-0.15, -0.1) is 0 Å². The summed E-state index contributed by atoms with van der Waals surface area (Å²) in [6, 6.07) is 21.8. The molecule has 0 bridgehead atoms. The van der Waals surface area contributed by atoms with E-state index in [-0.39, 0.29) is 5.41 Å². The van der Waals surface area contributed by atoms with Crippen molar-refractivity contribution >= 4 is 29.2 Å². The fourth-order valence-corrected chi connectivity index (χ4v) is 3.23. The molecule has 0 aromatic heterocycles. The highest BCUT2D eigenvalue weighted by atomic mass is 35.5. The number of nitrogens with zero attached hydrogens (tertiary/aromatic N) is 1. The summed E-state index contributed by atoms with van der Waals surface area (Å²) in [5.41, 5.74) is 3.57. The second kappa shape index (κ2) is 9.72. The van der Waals surface area contributed by atoms with Gasteiger partial charge >= 0.3 is 5.97 Å². The lowest BCUT2D eigenvalue weighted by molar-refractivity contribution is 0.0729. The van der Waals surface area contributed by atoms with E-state index in [9.17, 15) is 10.1 Å². The van der Waals surface area contributed by atoms with E-state index in [1.54, 1.807) is 60.7 Å². The molecule has 0 unspecified atom stereocenters. The molecule has 0 spiro atoms. The molecule has 0 amide bonds. The molecule has 5 heteroatoms. The average Bonchev–Trinajstić information content (AvgIpc) is 2.78. The highest BCUT2D eigenvalue weighted by molar-refractivity contribution is 6.30. The van der Waals surface area contributed by atoms with Crippen molar-refractivity contribution in [2.24, 2.45) is 0 Å². The molecule has 0 fully saturated rings. The number of carbonyl (C=O) groups is 1. The zero-order valence-corrected chi connectivity index (χ0v) is 19.2. The Kier molecular flexibility index (Phi) is 7.02. The molecule has 0 aliphatic carbocycles. The number of esters is 1. The predicted molar refractivity (Wildman–Crippen MR) is 128 cm³/mol. The van der Waals surface area contributed by atoms with E-state index in [4.69, 9.17) is 21.1 Å². The monoisotopic (exact) mass is 445 g/mol. The van der Waals surface area contributed by atoms with E-state index < -0.39 is 5.97 Å². The van der Waals surface area contributed by atoms with Gasteiger partial charge in [0.25, 0.3) is 0 Å². The minimum Gasteiger partial charge on any atom is -0.493 e. The van der Waals surface area contributed by atoms with Crippen molar-refractivity contribution in [2.45, 2.75) is 26.2 Å². The maximum atomic E-state index is 12.6. The SMILES string of the molecule is COc1cc(/C=C(\C#N)c2ccc(Cl)cc2)ccc1OC(=O)c1ccc(C(C)(C)C)cc1. The van der Waals surface area contributed by atoms with Crippen LogP contribution in [-0.2, 0) is 5.41 Å². The molecule has 0 aliphatic heterocycles. The Bertz CT molecular complexity index is 1180. The van der Waals surface area contributed by atoms with Gasteiger partial charge in [0.1, 0.15) is 0 Å². The first kappa shape index (κ1) is 23.1. The van der Waals surface area contributed by atoms with Gasteiger partial charge in [0.05, 0.1) is 24.3 Å². The second-order valence-corrected chi connectivity index (χ2v) is 8.74. The van der Waals surface area contributed by atoms with Crippen LogP contribution >= 0.6 is 11.6 Å². The van der Waals surface area contributed by atoms with E-state index in [1.165, 1.54) is 7.11 Å². The van der Waals surface area contributed by atoms with Gasteiger partial charge in [-0.05, 0) is 64.6 Å². The molecule has 3 aromatic rings. The number of hydrogen-bond acceptors (Lipinski definition) is 4. The van der Waals surface area contributed by atoms with Crippen molar-refractivity contribution in [1.29, 1.82) is 5.26 Å². The van der Waals surface area contributed by atoms with Crippen molar-refractivity contribution in [3.05, 3.63) is 94.0 Å². The number of allylic oxidation sites excluding steroid dienone is 1. The lowest BCUT2D eigenvalue weighted by atomic mass is 9.87. The average molecular weight is 446 g/mol. The fraction of sp³-hybridized carbons (Fsp3) is 0.185. The number of carbonyl (C=O) groups excluding carboxylic acids is 1. The summed E-state index contributed by atoms with van der Waals surface area (Å²) < 4.78 is 11.0. The topological polar surface area (TPSA) is 59.3 Å². The van der Waals surface area contributed by atoms with Crippen LogP contribution in [0.15, 0.2) is 66.7 Å². The maximum absolute atomic E-state index is 12.6. The number of nitriles is 1. The number of hydrogen-bond donors (Lipinski definition) is 0. The third kappa shape index (κ3) is 5.57. The van der Waals surface area contributed by atoms with Crippen LogP contribution in [0.4, 0.5) is 0 Å². The highest BCUT2D eigenvalue weighted by Crippen LogP contribution is 2.31. The molecule has 32 heavy (non-hydrogen) atoms. The molecule has 0 aliphatic rings. The molecule has 0 heterocycles.